The highest BCUT2D eigenvalue weighted by Gasteiger charge is 2.37. The lowest BCUT2D eigenvalue weighted by molar-refractivity contribution is -0.387. The van der Waals surface area contributed by atoms with E-state index in [0.717, 1.165) is 11.3 Å². The molecular formula is C17H19NO3S. The summed E-state index contributed by atoms with van der Waals surface area (Å²) >= 11 is 0. The van der Waals surface area contributed by atoms with Crippen LogP contribution in [0.4, 0.5) is 5.69 Å². The first-order chi connectivity index (χ1) is 10.2. The lowest BCUT2D eigenvalue weighted by Gasteiger charge is -2.30. The van der Waals surface area contributed by atoms with Crippen molar-refractivity contribution in [2.75, 3.05) is 0 Å². The van der Waals surface area contributed by atoms with Crippen LogP contribution in [0.2, 0.25) is 0 Å². The molecule has 0 amide bonds. The summed E-state index contributed by atoms with van der Waals surface area (Å²) in [6, 6.07) is 4.61. The van der Waals surface area contributed by atoms with Gasteiger partial charge in [-0.25, -0.2) is 8.42 Å². The maximum absolute atomic E-state index is 11.2. The van der Waals surface area contributed by atoms with Gasteiger partial charge in [-0.2, -0.15) is 4.58 Å². The number of hydrogen-bond acceptors (Lipinski definition) is 3. The number of rotatable bonds is 2. The fourth-order valence-corrected chi connectivity index (χ4v) is 3.52. The second-order valence-corrected chi connectivity index (χ2v) is 7.87. The molecule has 1 unspecified atom stereocenters. The molecule has 0 aromatic heterocycles. The molecular weight excluding hydrogens is 298 g/mol. The van der Waals surface area contributed by atoms with Crippen molar-refractivity contribution in [2.24, 2.45) is 11.3 Å². The normalized spacial score (nSPS) is 23.0. The third-order valence-corrected chi connectivity index (χ3v) is 5.55. The quantitative estimate of drug-likeness (QED) is 0.622. The van der Waals surface area contributed by atoms with Crippen LogP contribution in [-0.2, 0) is 16.5 Å². The number of fused-ring (bicyclic) bond motifs is 1. The van der Waals surface area contributed by atoms with Gasteiger partial charge < -0.3 is 4.55 Å². The molecule has 0 saturated heterocycles. The fraction of sp³-hybridized carbons (Fsp3) is 0.353. The Bertz CT molecular complexity index is 829. The van der Waals surface area contributed by atoms with Crippen molar-refractivity contribution in [3.8, 4) is 0 Å². The number of allylic oxidation sites excluding steroid dienone is 4. The Balaban J connectivity index is 2.02. The predicted octanol–water partition coefficient (Wildman–Crippen LogP) is 2.98. The van der Waals surface area contributed by atoms with Crippen molar-refractivity contribution in [2.45, 2.75) is 32.1 Å². The van der Waals surface area contributed by atoms with Gasteiger partial charge in [-0.15, -0.1) is 0 Å². The molecule has 1 atom stereocenters. The Hall–Kier alpha value is -1.72. The highest BCUT2D eigenvalue weighted by atomic mass is 32.2. The summed E-state index contributed by atoms with van der Waals surface area (Å²) in [6.07, 6.45) is 9.04. The maximum Gasteiger partial charge on any atom is 0.214 e. The van der Waals surface area contributed by atoms with Gasteiger partial charge >= 0.3 is 0 Å². The van der Waals surface area contributed by atoms with Crippen LogP contribution in [0.3, 0.4) is 0 Å². The predicted molar refractivity (Wildman–Crippen MR) is 84.3 cm³/mol. The van der Waals surface area contributed by atoms with E-state index < -0.39 is 10.1 Å². The largest absolute Gasteiger partial charge is 0.744 e. The average molecular weight is 317 g/mol. The minimum Gasteiger partial charge on any atom is -0.744 e. The average Bonchev–Trinajstić information content (AvgIpc) is 2.84. The summed E-state index contributed by atoms with van der Waals surface area (Å²) < 4.78 is 35.6. The first kappa shape index (κ1) is 15.2. The van der Waals surface area contributed by atoms with Crippen molar-refractivity contribution < 1.29 is 17.5 Å². The molecule has 0 fully saturated rings. The zero-order valence-electron chi connectivity index (χ0n) is 12.9. The molecule has 1 aliphatic heterocycles. The Morgan fingerprint density at radius 1 is 1.32 bits per heavy atom. The fourth-order valence-electron chi connectivity index (χ4n) is 3.00. The van der Waals surface area contributed by atoms with Crippen LogP contribution in [0, 0.1) is 11.3 Å². The van der Waals surface area contributed by atoms with Gasteiger partial charge in [0.15, 0.2) is 11.9 Å². The highest BCUT2D eigenvalue weighted by Crippen LogP contribution is 2.40. The molecule has 1 aromatic carbocycles. The summed E-state index contributed by atoms with van der Waals surface area (Å²) in [5.41, 5.74) is 3.08. The molecule has 0 bridgehead atoms. The van der Waals surface area contributed by atoms with Gasteiger partial charge in [0.25, 0.3) is 0 Å². The molecule has 3 rings (SSSR count). The Kier molecular flexibility index (Phi) is 3.38. The van der Waals surface area contributed by atoms with Gasteiger partial charge in [-0.1, -0.05) is 32.9 Å². The van der Waals surface area contributed by atoms with Crippen LogP contribution < -0.4 is 0 Å². The van der Waals surface area contributed by atoms with E-state index in [1.807, 2.05) is 6.21 Å². The molecule has 0 saturated carbocycles. The van der Waals surface area contributed by atoms with Crippen molar-refractivity contribution in [1.29, 1.82) is 0 Å². The van der Waals surface area contributed by atoms with Gasteiger partial charge in [-0.05, 0) is 17.5 Å². The maximum atomic E-state index is 11.2. The second-order valence-electron chi connectivity index (χ2n) is 6.50. The van der Waals surface area contributed by atoms with Gasteiger partial charge in [0, 0.05) is 23.6 Å². The van der Waals surface area contributed by atoms with E-state index in [2.05, 4.69) is 43.6 Å². The minimum absolute atomic E-state index is 0.0684. The van der Waals surface area contributed by atoms with Crippen LogP contribution in [0.15, 0.2) is 47.0 Å². The van der Waals surface area contributed by atoms with E-state index in [1.165, 1.54) is 17.8 Å². The first-order valence-corrected chi connectivity index (χ1v) is 8.72. The zero-order chi connectivity index (χ0) is 16.1. The van der Waals surface area contributed by atoms with E-state index in [0.29, 0.717) is 12.3 Å². The summed E-state index contributed by atoms with van der Waals surface area (Å²) in [5, 5.41) is 0. The lowest BCUT2D eigenvalue weighted by atomic mass is 9.75. The molecule has 2 aliphatic rings. The molecule has 1 aliphatic carbocycles. The van der Waals surface area contributed by atoms with Crippen molar-refractivity contribution in [1.82, 2.24) is 0 Å². The lowest BCUT2D eigenvalue weighted by Crippen LogP contribution is -2.27. The van der Waals surface area contributed by atoms with Crippen molar-refractivity contribution in [3.63, 3.8) is 0 Å². The van der Waals surface area contributed by atoms with Gasteiger partial charge in [0.2, 0.25) is 5.69 Å². The molecule has 0 spiro atoms. The van der Waals surface area contributed by atoms with E-state index in [1.54, 1.807) is 6.07 Å². The monoisotopic (exact) mass is 317 g/mol. The molecule has 22 heavy (non-hydrogen) atoms. The first-order valence-electron chi connectivity index (χ1n) is 7.31. The van der Waals surface area contributed by atoms with Gasteiger partial charge in [0.1, 0.15) is 10.1 Å². The van der Waals surface area contributed by atoms with Gasteiger partial charge in [-0.3, -0.25) is 0 Å². The summed E-state index contributed by atoms with van der Waals surface area (Å²) in [7, 11) is -4.40. The summed E-state index contributed by atoms with van der Waals surface area (Å²) in [6.45, 7) is 6.59. The van der Waals surface area contributed by atoms with Crippen LogP contribution in [-0.4, -0.2) is 23.8 Å². The third kappa shape index (κ3) is 2.44. The molecule has 0 radical (unpaired) electrons. The smallest absolute Gasteiger partial charge is 0.214 e. The van der Waals surface area contributed by atoms with E-state index in [4.69, 9.17) is 0 Å². The summed E-state index contributed by atoms with van der Waals surface area (Å²) in [4.78, 5) is -0.160. The topological polar surface area (TPSA) is 60.2 Å². The van der Waals surface area contributed by atoms with Crippen LogP contribution in [0.25, 0.3) is 0 Å². The van der Waals surface area contributed by atoms with E-state index in [-0.39, 0.29) is 10.3 Å². The molecule has 5 heteroatoms. The Morgan fingerprint density at radius 2 is 2.05 bits per heavy atom. The Morgan fingerprint density at radius 3 is 2.73 bits per heavy atom. The molecule has 1 aromatic rings. The highest BCUT2D eigenvalue weighted by molar-refractivity contribution is 7.85. The molecule has 0 N–H and O–H groups in total. The standard InChI is InChI=1S/C17H19NO3S/c1-12-15(5-4-9-17(12,2)3)18-10-8-13-11-14(22(19,20)21)6-7-16(13)18/h4-7,9-12H,8H2,1-3H3. The third-order valence-electron chi connectivity index (χ3n) is 4.72. The van der Waals surface area contributed by atoms with Crippen LogP contribution in [0.1, 0.15) is 26.3 Å². The van der Waals surface area contributed by atoms with E-state index in [9.17, 15) is 13.0 Å². The minimum atomic E-state index is -4.40. The Labute approximate surface area is 131 Å². The van der Waals surface area contributed by atoms with Crippen LogP contribution >= 0.6 is 0 Å². The zero-order valence-corrected chi connectivity index (χ0v) is 13.7. The molecule has 4 nitrogen and oxygen atoms in total. The number of nitrogens with zero attached hydrogens (tertiary/aromatic N) is 1. The van der Waals surface area contributed by atoms with E-state index >= 15 is 0 Å². The number of hydrogen-bond donors (Lipinski definition) is 0. The van der Waals surface area contributed by atoms with Crippen molar-refractivity contribution >= 4 is 22.0 Å². The molecule has 116 valence electrons. The van der Waals surface area contributed by atoms with Crippen LogP contribution in [0.5, 0.6) is 0 Å². The number of benzene rings is 1. The second kappa shape index (κ2) is 4.89. The molecule has 1 heterocycles. The van der Waals surface area contributed by atoms with Gasteiger partial charge in [0.05, 0.1) is 11.3 Å². The van der Waals surface area contributed by atoms with Crippen molar-refractivity contribution in [3.05, 3.63) is 47.7 Å². The summed E-state index contributed by atoms with van der Waals surface area (Å²) in [5.74, 6) is 0.336. The SMILES string of the molecule is CC1C([N+]2=CCc3cc(S(=O)(=O)[O-])ccc32)=CC=CC1(C)C.